The topological polar surface area (TPSA) is 92.4 Å². The molecule has 43 heavy (non-hydrogen) atoms. The van der Waals surface area contributed by atoms with Gasteiger partial charge in [-0.15, -0.1) is 0 Å². The van der Waals surface area contributed by atoms with E-state index in [0.29, 0.717) is 37.3 Å². The number of pyridine rings is 1. The van der Waals surface area contributed by atoms with Crippen molar-refractivity contribution in [2.24, 2.45) is 5.92 Å². The van der Waals surface area contributed by atoms with Crippen LogP contribution in [-0.2, 0) is 27.7 Å². The molecule has 1 aliphatic rings. The summed E-state index contributed by atoms with van der Waals surface area (Å²) in [6.07, 6.45) is 3.01. The van der Waals surface area contributed by atoms with Gasteiger partial charge in [0, 0.05) is 58.1 Å². The molecular weight excluding hydrogens is 582 g/mol. The Hall–Kier alpha value is -3.07. The van der Waals surface area contributed by atoms with Gasteiger partial charge in [0.15, 0.2) is 0 Å². The molecule has 9 nitrogen and oxygen atoms in total. The van der Waals surface area contributed by atoms with E-state index in [9.17, 15) is 9.18 Å². The van der Waals surface area contributed by atoms with Gasteiger partial charge in [0.05, 0.1) is 30.4 Å². The number of halogens is 1. The monoisotopic (exact) mass is 625 g/mol. The Labute approximate surface area is 254 Å². The second-order valence-corrected chi connectivity index (χ2v) is 25.1. The molecule has 0 spiro atoms. The molecule has 1 aromatic carbocycles. The quantitative estimate of drug-likeness (QED) is 0.120. The first-order chi connectivity index (χ1) is 20.3. The first-order valence-corrected chi connectivity index (χ1v) is 22.4. The van der Waals surface area contributed by atoms with Crippen molar-refractivity contribution in [2.75, 3.05) is 25.6 Å². The summed E-state index contributed by atoms with van der Waals surface area (Å²) in [5.74, 6) is 0.164. The summed E-state index contributed by atoms with van der Waals surface area (Å²) in [7, 11) is -0.757. The lowest BCUT2D eigenvalue weighted by Crippen LogP contribution is -2.22. The Morgan fingerprint density at radius 1 is 1.00 bits per heavy atom. The van der Waals surface area contributed by atoms with Crippen LogP contribution in [0.4, 0.5) is 10.2 Å². The van der Waals surface area contributed by atoms with E-state index in [4.69, 9.17) is 19.2 Å². The van der Waals surface area contributed by atoms with Gasteiger partial charge >= 0.3 is 0 Å². The zero-order valence-electron chi connectivity index (χ0n) is 26.4. The predicted octanol–water partition coefficient (Wildman–Crippen LogP) is 6.98. The Morgan fingerprint density at radius 3 is 2.26 bits per heavy atom. The summed E-state index contributed by atoms with van der Waals surface area (Å²) >= 11 is 0. The van der Waals surface area contributed by atoms with E-state index >= 15 is 0 Å². The maximum atomic E-state index is 13.5. The third kappa shape index (κ3) is 7.72. The number of hydrogen-bond acceptors (Lipinski definition) is 6. The number of alkyl halides is 1. The fraction of sp³-hybridized carbons (Fsp3) is 0.516. The number of rotatable bonds is 14. The van der Waals surface area contributed by atoms with Gasteiger partial charge in [0.25, 0.3) is 0 Å². The minimum absolute atomic E-state index is 0.266. The van der Waals surface area contributed by atoms with Gasteiger partial charge in [-0.2, -0.15) is 0 Å². The molecule has 5 rings (SSSR count). The van der Waals surface area contributed by atoms with Crippen LogP contribution in [0.5, 0.6) is 5.75 Å². The van der Waals surface area contributed by atoms with E-state index < -0.39 is 28.2 Å². The van der Waals surface area contributed by atoms with Gasteiger partial charge in [-0.1, -0.05) is 39.3 Å². The summed E-state index contributed by atoms with van der Waals surface area (Å²) < 4.78 is 35.4. The van der Waals surface area contributed by atoms with Crippen molar-refractivity contribution in [2.45, 2.75) is 77.4 Å². The van der Waals surface area contributed by atoms with Crippen molar-refractivity contribution < 1.29 is 23.4 Å². The van der Waals surface area contributed by atoms with E-state index in [1.54, 1.807) is 19.5 Å². The average molecular weight is 626 g/mol. The zero-order chi connectivity index (χ0) is 30.9. The standard InChI is InChI=1S/C31H44FN5O4Si2/c1-39-28-16-27-26(33-18-37(27)20-41-11-13-43(5,6)7)15-22(28)24-17-36(19-40-10-12-42(2,3)4)30-21(24)8-9-29(34-30)35-31(38)23-14-25(23)32/h8-9,15-18,23,25H,10-14,19-20H2,1-7H3,(H,34,35,38)/t23-,25+/m0/s1. The predicted molar refractivity (Wildman–Crippen MR) is 175 cm³/mol. The van der Waals surface area contributed by atoms with Crippen molar-refractivity contribution in [3.63, 3.8) is 0 Å². The molecule has 0 aliphatic heterocycles. The maximum Gasteiger partial charge on any atom is 0.231 e. The number of benzene rings is 1. The number of amides is 1. The SMILES string of the molecule is COc1cc2c(cc1-c1cn(COCC[Si](C)(C)C)c3nc(NC(=O)[C@H]4C[C@H]4F)ccc13)ncn2COCC[Si](C)(C)C. The summed E-state index contributed by atoms with van der Waals surface area (Å²) in [5.41, 5.74) is 4.22. The summed E-state index contributed by atoms with van der Waals surface area (Å²) in [6, 6.07) is 9.87. The number of fused-ring (bicyclic) bond motifs is 2. The second kappa shape index (κ2) is 12.5. The molecule has 1 N–H and O–H groups in total. The molecule has 3 heterocycles. The van der Waals surface area contributed by atoms with Crippen molar-refractivity contribution in [1.82, 2.24) is 19.1 Å². The summed E-state index contributed by atoms with van der Waals surface area (Å²) in [4.78, 5) is 21.9. The summed E-state index contributed by atoms with van der Waals surface area (Å²) in [5, 5.41) is 3.67. The largest absolute Gasteiger partial charge is 0.496 e. The van der Waals surface area contributed by atoms with E-state index in [1.165, 1.54) is 0 Å². The molecule has 1 saturated carbocycles. The van der Waals surface area contributed by atoms with Crippen LogP contribution < -0.4 is 10.1 Å². The molecule has 0 unspecified atom stereocenters. The first-order valence-electron chi connectivity index (χ1n) is 15.0. The number of anilines is 1. The van der Waals surface area contributed by atoms with E-state index in [2.05, 4.69) is 49.6 Å². The molecule has 1 aliphatic carbocycles. The number of carbonyl (C=O) groups excluding carboxylic acids is 1. The highest BCUT2D eigenvalue weighted by Gasteiger charge is 2.43. The Kier molecular flexibility index (Phi) is 9.12. The number of nitrogens with zero attached hydrogens (tertiary/aromatic N) is 4. The lowest BCUT2D eigenvalue weighted by atomic mass is 10.0. The van der Waals surface area contributed by atoms with Gasteiger partial charge in [0.2, 0.25) is 5.91 Å². The molecule has 232 valence electrons. The van der Waals surface area contributed by atoms with Crippen LogP contribution in [0.2, 0.25) is 51.4 Å². The van der Waals surface area contributed by atoms with Crippen molar-refractivity contribution in [1.29, 1.82) is 0 Å². The third-order valence-electron chi connectivity index (χ3n) is 7.71. The van der Waals surface area contributed by atoms with Gasteiger partial charge < -0.3 is 28.7 Å². The van der Waals surface area contributed by atoms with Gasteiger partial charge in [-0.3, -0.25) is 4.79 Å². The third-order valence-corrected chi connectivity index (χ3v) is 11.1. The molecule has 0 radical (unpaired) electrons. The fourth-order valence-corrected chi connectivity index (χ4v) is 6.36. The second-order valence-electron chi connectivity index (χ2n) is 13.9. The molecule has 4 aromatic rings. The minimum Gasteiger partial charge on any atom is -0.496 e. The smallest absolute Gasteiger partial charge is 0.231 e. The van der Waals surface area contributed by atoms with E-state index in [1.807, 2.05) is 33.5 Å². The normalized spacial score (nSPS) is 17.1. The van der Waals surface area contributed by atoms with Crippen LogP contribution in [0, 0.1) is 5.92 Å². The lowest BCUT2D eigenvalue weighted by Gasteiger charge is -2.16. The number of imidazole rings is 1. The molecule has 1 amide bonds. The van der Waals surface area contributed by atoms with Crippen molar-refractivity contribution in [3.8, 4) is 16.9 Å². The van der Waals surface area contributed by atoms with Crippen LogP contribution in [0.3, 0.4) is 0 Å². The maximum absolute atomic E-state index is 13.5. The van der Waals surface area contributed by atoms with Crippen LogP contribution in [-0.4, -0.2) is 67.7 Å². The van der Waals surface area contributed by atoms with Crippen LogP contribution in [0.1, 0.15) is 6.42 Å². The highest BCUT2D eigenvalue weighted by atomic mass is 28.3. The van der Waals surface area contributed by atoms with Crippen LogP contribution in [0.15, 0.2) is 36.8 Å². The Morgan fingerprint density at radius 2 is 1.65 bits per heavy atom. The minimum atomic E-state index is -1.25. The number of nitrogens with one attached hydrogen (secondary N) is 1. The zero-order valence-corrected chi connectivity index (χ0v) is 28.4. The fourth-order valence-electron chi connectivity index (χ4n) is 4.85. The van der Waals surface area contributed by atoms with Gasteiger partial charge in [-0.05, 0) is 36.7 Å². The first kappa shape index (κ1) is 31.4. The van der Waals surface area contributed by atoms with E-state index in [0.717, 1.165) is 46.2 Å². The van der Waals surface area contributed by atoms with Crippen LogP contribution >= 0.6 is 0 Å². The lowest BCUT2D eigenvalue weighted by molar-refractivity contribution is -0.117. The number of methoxy groups -OCH3 is 1. The Bertz CT molecular complexity index is 1610. The highest BCUT2D eigenvalue weighted by molar-refractivity contribution is 6.76. The van der Waals surface area contributed by atoms with E-state index in [-0.39, 0.29) is 12.3 Å². The van der Waals surface area contributed by atoms with Gasteiger partial charge in [-0.25, -0.2) is 14.4 Å². The molecule has 2 atom stereocenters. The number of hydrogen-bond donors (Lipinski definition) is 1. The van der Waals surface area contributed by atoms with Gasteiger partial charge in [0.1, 0.15) is 36.8 Å². The molecule has 12 heteroatoms. The molecular formula is C31H44FN5O4Si2. The van der Waals surface area contributed by atoms with Crippen LogP contribution in [0.25, 0.3) is 33.2 Å². The molecule has 0 bridgehead atoms. The Balaban J connectivity index is 1.46. The highest BCUT2D eigenvalue weighted by Crippen LogP contribution is 2.39. The number of aromatic nitrogens is 4. The summed E-state index contributed by atoms with van der Waals surface area (Å²) in [6.45, 7) is 16.1. The molecule has 3 aromatic heterocycles. The number of ether oxygens (including phenoxy) is 3. The molecule has 0 saturated heterocycles. The average Bonchev–Trinajstić information content (AvgIpc) is 3.39. The van der Waals surface area contributed by atoms with Crippen molar-refractivity contribution in [3.05, 3.63) is 36.8 Å². The van der Waals surface area contributed by atoms with Crippen molar-refractivity contribution >= 4 is 49.9 Å². The number of carbonyl (C=O) groups is 1. The molecule has 1 fully saturated rings.